The van der Waals surface area contributed by atoms with Crippen molar-refractivity contribution >= 4 is 33.8 Å². The van der Waals surface area contributed by atoms with E-state index in [2.05, 4.69) is 21.6 Å². The summed E-state index contributed by atoms with van der Waals surface area (Å²) in [6.45, 7) is 3.15. The van der Waals surface area contributed by atoms with E-state index in [9.17, 15) is 4.79 Å². The molecule has 0 spiro atoms. The zero-order valence-corrected chi connectivity index (χ0v) is 15.4. The summed E-state index contributed by atoms with van der Waals surface area (Å²) >= 11 is 8.01. The first-order valence-corrected chi connectivity index (χ1v) is 9.56. The highest BCUT2D eigenvalue weighted by Crippen LogP contribution is 2.37. The fourth-order valence-corrected chi connectivity index (χ4v) is 4.21. The van der Waals surface area contributed by atoms with Gasteiger partial charge in [0.15, 0.2) is 4.96 Å². The molecule has 25 heavy (non-hydrogen) atoms. The molecule has 7 heteroatoms. The third kappa shape index (κ3) is 3.00. The van der Waals surface area contributed by atoms with E-state index in [1.807, 2.05) is 29.8 Å². The lowest BCUT2D eigenvalue weighted by molar-refractivity contribution is -0.121. The predicted molar refractivity (Wildman–Crippen MR) is 98.6 cm³/mol. The van der Waals surface area contributed by atoms with Crippen LogP contribution in [0.25, 0.3) is 4.96 Å². The van der Waals surface area contributed by atoms with Crippen LogP contribution in [0.5, 0.6) is 5.75 Å². The molecule has 1 N–H and O–H groups in total. The summed E-state index contributed by atoms with van der Waals surface area (Å²) in [6, 6.07) is 5.79. The van der Waals surface area contributed by atoms with Crippen LogP contribution < -0.4 is 10.1 Å². The number of halogens is 1. The lowest BCUT2D eigenvalue weighted by atomic mass is 9.91. The maximum atomic E-state index is 12.2. The minimum absolute atomic E-state index is 0.0226. The van der Waals surface area contributed by atoms with E-state index < -0.39 is 0 Å². The van der Waals surface area contributed by atoms with Gasteiger partial charge >= 0.3 is 0 Å². The highest BCUT2D eigenvalue weighted by atomic mass is 35.5. The van der Waals surface area contributed by atoms with Gasteiger partial charge in [-0.1, -0.05) is 24.6 Å². The molecule has 1 amide bonds. The zero-order chi connectivity index (χ0) is 17.4. The van der Waals surface area contributed by atoms with Gasteiger partial charge in [0, 0.05) is 23.9 Å². The molecule has 1 aromatic carbocycles. The van der Waals surface area contributed by atoms with Gasteiger partial charge < -0.3 is 10.1 Å². The predicted octanol–water partition coefficient (Wildman–Crippen LogP) is 3.99. The molecule has 3 heterocycles. The molecule has 3 aromatic rings. The van der Waals surface area contributed by atoms with E-state index in [-0.39, 0.29) is 11.8 Å². The van der Waals surface area contributed by atoms with Crippen LogP contribution in [-0.4, -0.2) is 21.9 Å². The van der Waals surface area contributed by atoms with Gasteiger partial charge in [0.2, 0.25) is 5.91 Å². The zero-order valence-electron chi connectivity index (χ0n) is 13.8. The number of hydrogen-bond donors (Lipinski definition) is 1. The average Bonchev–Trinajstić information content (AvgIpc) is 3.13. The van der Waals surface area contributed by atoms with Crippen molar-refractivity contribution in [1.82, 2.24) is 14.7 Å². The van der Waals surface area contributed by atoms with E-state index >= 15 is 0 Å². The number of benzene rings is 1. The molecular weight excluding hydrogens is 358 g/mol. The van der Waals surface area contributed by atoms with Crippen molar-refractivity contribution in [2.45, 2.75) is 32.2 Å². The van der Waals surface area contributed by atoms with Gasteiger partial charge in [-0.15, -0.1) is 11.3 Å². The van der Waals surface area contributed by atoms with Gasteiger partial charge in [0.1, 0.15) is 5.75 Å². The van der Waals surface area contributed by atoms with Crippen LogP contribution in [-0.2, 0) is 11.3 Å². The van der Waals surface area contributed by atoms with Crippen LogP contribution in [0.15, 0.2) is 29.8 Å². The topological polar surface area (TPSA) is 55.6 Å². The fraction of sp³-hybridized carbons (Fsp3) is 0.333. The van der Waals surface area contributed by atoms with Crippen molar-refractivity contribution in [2.24, 2.45) is 0 Å². The largest absolute Gasteiger partial charge is 0.492 e. The van der Waals surface area contributed by atoms with Gasteiger partial charge in [-0.05, 0) is 24.1 Å². The molecule has 0 aliphatic carbocycles. The summed E-state index contributed by atoms with van der Waals surface area (Å²) in [5.74, 6) is 0.619. The lowest BCUT2D eigenvalue weighted by Crippen LogP contribution is -2.21. The number of hydrogen-bond acceptors (Lipinski definition) is 4. The molecule has 0 bridgehead atoms. The van der Waals surface area contributed by atoms with E-state index in [0.29, 0.717) is 30.3 Å². The van der Waals surface area contributed by atoms with Crippen molar-refractivity contribution in [3.63, 3.8) is 0 Å². The Bertz CT molecular complexity index is 934. The SMILES string of the molecule is CCCOc1ccc([C@@H]2CC(=O)NCc3nc4sccn4c32)cc1Cl. The summed E-state index contributed by atoms with van der Waals surface area (Å²) in [5, 5.41) is 5.52. The average molecular weight is 376 g/mol. The smallest absolute Gasteiger partial charge is 0.221 e. The van der Waals surface area contributed by atoms with Crippen LogP contribution in [0.2, 0.25) is 5.02 Å². The van der Waals surface area contributed by atoms with Crippen LogP contribution in [0.4, 0.5) is 0 Å². The second-order valence-electron chi connectivity index (χ2n) is 6.07. The molecule has 0 fully saturated rings. The number of carbonyl (C=O) groups excluding carboxylic acids is 1. The van der Waals surface area contributed by atoms with Crippen molar-refractivity contribution in [3.8, 4) is 5.75 Å². The van der Waals surface area contributed by atoms with Crippen LogP contribution in [0.3, 0.4) is 0 Å². The first-order valence-electron chi connectivity index (χ1n) is 8.30. The normalized spacial score (nSPS) is 17.2. The van der Waals surface area contributed by atoms with Gasteiger partial charge in [0.05, 0.1) is 29.6 Å². The van der Waals surface area contributed by atoms with Crippen molar-refractivity contribution in [3.05, 3.63) is 51.7 Å². The van der Waals surface area contributed by atoms with Gasteiger partial charge in [-0.2, -0.15) is 0 Å². The Labute approximate surface area is 154 Å². The number of thiazole rings is 1. The highest BCUT2D eigenvalue weighted by Gasteiger charge is 2.29. The molecule has 4 rings (SSSR count). The second-order valence-corrected chi connectivity index (χ2v) is 7.35. The Kier molecular flexibility index (Phi) is 4.39. The summed E-state index contributed by atoms with van der Waals surface area (Å²) in [5.41, 5.74) is 2.98. The molecule has 1 atom stereocenters. The molecule has 5 nitrogen and oxygen atoms in total. The van der Waals surface area contributed by atoms with Crippen molar-refractivity contribution < 1.29 is 9.53 Å². The molecule has 0 unspecified atom stereocenters. The number of fused-ring (bicyclic) bond motifs is 3. The van der Waals surface area contributed by atoms with Gasteiger partial charge in [-0.25, -0.2) is 4.98 Å². The maximum absolute atomic E-state index is 12.2. The molecule has 1 aliphatic rings. The van der Waals surface area contributed by atoms with Gasteiger partial charge in [0.25, 0.3) is 0 Å². The summed E-state index contributed by atoms with van der Waals surface area (Å²) in [7, 11) is 0. The number of imidazole rings is 1. The standard InChI is InChI=1S/C18H18ClN3O2S/c1-2-6-24-15-4-3-11(8-13(15)19)12-9-16(23)20-10-14-17(12)22-5-7-25-18(22)21-14/h3-5,7-8,12H,2,6,9-10H2,1H3,(H,20,23)/t12-/m0/s1. The molecule has 130 valence electrons. The minimum Gasteiger partial charge on any atom is -0.492 e. The number of amides is 1. The minimum atomic E-state index is -0.0835. The summed E-state index contributed by atoms with van der Waals surface area (Å²) in [4.78, 5) is 17.8. The molecular formula is C18H18ClN3O2S. The number of aromatic nitrogens is 2. The molecule has 2 aromatic heterocycles. The monoisotopic (exact) mass is 375 g/mol. The molecule has 0 radical (unpaired) electrons. The third-order valence-electron chi connectivity index (χ3n) is 4.37. The Morgan fingerprint density at radius 2 is 2.36 bits per heavy atom. The van der Waals surface area contributed by atoms with E-state index in [1.165, 1.54) is 0 Å². The number of nitrogens with zero attached hydrogens (tertiary/aromatic N) is 2. The summed E-state index contributed by atoms with van der Waals surface area (Å²) in [6.07, 6.45) is 3.31. The van der Waals surface area contributed by atoms with Crippen molar-refractivity contribution in [2.75, 3.05) is 6.61 Å². The second kappa shape index (κ2) is 6.69. The van der Waals surface area contributed by atoms with Crippen LogP contribution in [0, 0.1) is 0 Å². The Balaban J connectivity index is 1.78. The quantitative estimate of drug-likeness (QED) is 0.750. The lowest BCUT2D eigenvalue weighted by Gasteiger charge is -2.17. The van der Waals surface area contributed by atoms with E-state index in [4.69, 9.17) is 16.3 Å². The molecule has 0 saturated heterocycles. The highest BCUT2D eigenvalue weighted by molar-refractivity contribution is 7.15. The molecule has 1 aliphatic heterocycles. The number of nitrogens with one attached hydrogen (secondary N) is 1. The Morgan fingerprint density at radius 3 is 3.16 bits per heavy atom. The first-order chi connectivity index (χ1) is 12.2. The number of ether oxygens (including phenoxy) is 1. The Morgan fingerprint density at radius 1 is 1.48 bits per heavy atom. The van der Waals surface area contributed by atoms with Crippen LogP contribution >= 0.6 is 22.9 Å². The molecule has 0 saturated carbocycles. The van der Waals surface area contributed by atoms with Crippen LogP contribution in [0.1, 0.15) is 42.6 Å². The first kappa shape index (κ1) is 16.4. The number of carbonyl (C=O) groups is 1. The van der Waals surface area contributed by atoms with E-state index in [0.717, 1.165) is 28.3 Å². The maximum Gasteiger partial charge on any atom is 0.221 e. The van der Waals surface area contributed by atoms with Gasteiger partial charge in [-0.3, -0.25) is 9.20 Å². The Hall–Kier alpha value is -2.05. The van der Waals surface area contributed by atoms with Crippen molar-refractivity contribution in [1.29, 1.82) is 0 Å². The number of rotatable bonds is 4. The summed E-state index contributed by atoms with van der Waals surface area (Å²) < 4.78 is 7.74. The van der Waals surface area contributed by atoms with E-state index in [1.54, 1.807) is 11.3 Å². The fourth-order valence-electron chi connectivity index (χ4n) is 3.22. The third-order valence-corrected chi connectivity index (χ3v) is 5.42.